The SMILES string of the molecule is O=C(Cc1ccc(C(F)(F)F)cc1)N[C@@H](Cc1c(Cl)cccc1Cl)C(=O)O. The topological polar surface area (TPSA) is 66.4 Å². The van der Waals surface area contributed by atoms with Crippen molar-refractivity contribution in [1.29, 1.82) is 0 Å². The van der Waals surface area contributed by atoms with E-state index in [2.05, 4.69) is 5.32 Å². The van der Waals surface area contributed by atoms with E-state index in [-0.39, 0.29) is 22.9 Å². The fraction of sp³-hybridized carbons (Fsp3) is 0.222. The molecule has 0 saturated carbocycles. The predicted molar refractivity (Wildman–Crippen MR) is 94.9 cm³/mol. The standard InChI is InChI=1S/C18H14Cl2F3NO3/c19-13-2-1-3-14(20)12(13)9-15(17(26)27)24-16(25)8-10-4-6-11(7-5-10)18(21,22)23/h1-7,15H,8-9H2,(H,24,25)(H,26,27)/t15-/m0/s1. The van der Waals surface area contributed by atoms with E-state index < -0.39 is 29.7 Å². The van der Waals surface area contributed by atoms with Gasteiger partial charge < -0.3 is 10.4 Å². The van der Waals surface area contributed by atoms with Gasteiger partial charge in [0.1, 0.15) is 6.04 Å². The molecule has 2 N–H and O–H groups in total. The second-order valence-electron chi connectivity index (χ2n) is 5.73. The molecule has 2 aromatic carbocycles. The number of alkyl halides is 3. The Labute approximate surface area is 162 Å². The quantitative estimate of drug-likeness (QED) is 0.730. The summed E-state index contributed by atoms with van der Waals surface area (Å²) >= 11 is 12.0. The molecule has 1 atom stereocenters. The third kappa shape index (κ3) is 5.87. The first-order valence-electron chi connectivity index (χ1n) is 7.69. The molecule has 144 valence electrons. The highest BCUT2D eigenvalue weighted by Crippen LogP contribution is 2.29. The van der Waals surface area contributed by atoms with Gasteiger partial charge in [0.15, 0.2) is 0 Å². The van der Waals surface area contributed by atoms with Crippen LogP contribution >= 0.6 is 23.2 Å². The van der Waals surface area contributed by atoms with Gasteiger partial charge in [-0.3, -0.25) is 4.79 Å². The Morgan fingerprint density at radius 3 is 2.07 bits per heavy atom. The van der Waals surface area contributed by atoms with E-state index >= 15 is 0 Å². The lowest BCUT2D eigenvalue weighted by molar-refractivity contribution is -0.141. The van der Waals surface area contributed by atoms with Crippen LogP contribution in [-0.2, 0) is 28.6 Å². The minimum Gasteiger partial charge on any atom is -0.480 e. The molecule has 0 unspecified atom stereocenters. The molecule has 0 heterocycles. The molecule has 27 heavy (non-hydrogen) atoms. The smallest absolute Gasteiger partial charge is 0.416 e. The summed E-state index contributed by atoms with van der Waals surface area (Å²) in [5.41, 5.74) is -0.132. The molecule has 2 rings (SSSR count). The molecule has 0 aliphatic rings. The molecule has 0 aliphatic carbocycles. The van der Waals surface area contributed by atoms with Crippen molar-refractivity contribution in [3.8, 4) is 0 Å². The summed E-state index contributed by atoms with van der Waals surface area (Å²) in [7, 11) is 0. The third-order valence-corrected chi connectivity index (χ3v) is 4.46. The zero-order valence-corrected chi connectivity index (χ0v) is 15.2. The number of carbonyl (C=O) groups excluding carboxylic acids is 1. The van der Waals surface area contributed by atoms with Crippen molar-refractivity contribution in [2.75, 3.05) is 0 Å². The van der Waals surface area contributed by atoms with Crippen molar-refractivity contribution < 1.29 is 27.9 Å². The number of nitrogens with one attached hydrogen (secondary N) is 1. The summed E-state index contributed by atoms with van der Waals surface area (Å²) in [6.07, 6.45) is -4.87. The van der Waals surface area contributed by atoms with Crippen LogP contribution < -0.4 is 5.32 Å². The number of hydrogen-bond donors (Lipinski definition) is 2. The minimum atomic E-state index is -4.47. The number of carboxylic acid groups (broad SMARTS) is 1. The van der Waals surface area contributed by atoms with Crippen molar-refractivity contribution in [2.24, 2.45) is 0 Å². The van der Waals surface area contributed by atoms with Gasteiger partial charge in [0.25, 0.3) is 0 Å². The first-order chi connectivity index (χ1) is 12.6. The molecule has 0 bridgehead atoms. The molecule has 0 saturated heterocycles. The monoisotopic (exact) mass is 419 g/mol. The normalized spacial score (nSPS) is 12.5. The molecule has 4 nitrogen and oxygen atoms in total. The number of halogens is 5. The second-order valence-corrected chi connectivity index (χ2v) is 6.55. The van der Waals surface area contributed by atoms with Crippen LogP contribution in [0.15, 0.2) is 42.5 Å². The van der Waals surface area contributed by atoms with E-state index in [9.17, 15) is 27.9 Å². The predicted octanol–water partition coefficient (Wildman–Crippen LogP) is 4.37. The number of aliphatic carboxylic acids is 1. The highest BCUT2D eigenvalue weighted by molar-refractivity contribution is 6.36. The second kappa shape index (κ2) is 8.63. The summed E-state index contributed by atoms with van der Waals surface area (Å²) < 4.78 is 37.6. The molecule has 0 aliphatic heterocycles. The lowest BCUT2D eigenvalue weighted by atomic mass is 10.0. The van der Waals surface area contributed by atoms with Crippen LogP contribution in [0, 0.1) is 0 Å². The Hall–Kier alpha value is -2.25. The average molecular weight is 420 g/mol. The Morgan fingerprint density at radius 1 is 1.04 bits per heavy atom. The average Bonchev–Trinajstić information content (AvgIpc) is 2.56. The number of amides is 1. The van der Waals surface area contributed by atoms with Crippen molar-refractivity contribution in [3.05, 3.63) is 69.2 Å². The molecular weight excluding hydrogens is 406 g/mol. The van der Waals surface area contributed by atoms with Crippen LogP contribution in [-0.4, -0.2) is 23.0 Å². The van der Waals surface area contributed by atoms with Crippen molar-refractivity contribution in [1.82, 2.24) is 5.32 Å². The van der Waals surface area contributed by atoms with Gasteiger partial charge in [-0.2, -0.15) is 13.2 Å². The fourth-order valence-electron chi connectivity index (χ4n) is 2.37. The maximum atomic E-state index is 12.5. The minimum absolute atomic E-state index is 0.132. The van der Waals surface area contributed by atoms with E-state index in [4.69, 9.17) is 23.2 Å². The van der Waals surface area contributed by atoms with Gasteiger partial charge in [-0.15, -0.1) is 0 Å². The van der Waals surface area contributed by atoms with Crippen LogP contribution in [0.2, 0.25) is 10.0 Å². The summed E-state index contributed by atoms with van der Waals surface area (Å²) in [5, 5.41) is 12.2. The molecule has 0 spiro atoms. The van der Waals surface area contributed by atoms with E-state index in [1.54, 1.807) is 18.2 Å². The Balaban J connectivity index is 2.06. The number of carboxylic acids is 1. The van der Waals surface area contributed by atoms with Crippen LogP contribution in [0.1, 0.15) is 16.7 Å². The zero-order valence-electron chi connectivity index (χ0n) is 13.7. The lowest BCUT2D eigenvalue weighted by Gasteiger charge is -2.16. The molecule has 0 aromatic heterocycles. The molecule has 0 radical (unpaired) electrons. The largest absolute Gasteiger partial charge is 0.480 e. The van der Waals surface area contributed by atoms with Crippen molar-refractivity contribution in [3.63, 3.8) is 0 Å². The van der Waals surface area contributed by atoms with Gasteiger partial charge in [-0.25, -0.2) is 4.79 Å². The van der Waals surface area contributed by atoms with Crippen LogP contribution in [0.4, 0.5) is 13.2 Å². The number of carbonyl (C=O) groups is 2. The van der Waals surface area contributed by atoms with Gasteiger partial charge in [0, 0.05) is 16.5 Å². The first kappa shape index (κ1) is 21.1. The van der Waals surface area contributed by atoms with E-state index in [0.717, 1.165) is 12.1 Å². The zero-order chi connectivity index (χ0) is 20.2. The highest BCUT2D eigenvalue weighted by atomic mass is 35.5. The first-order valence-corrected chi connectivity index (χ1v) is 8.44. The maximum absolute atomic E-state index is 12.5. The Morgan fingerprint density at radius 2 is 1.59 bits per heavy atom. The van der Waals surface area contributed by atoms with Gasteiger partial charge >= 0.3 is 12.1 Å². The summed E-state index contributed by atoms with van der Waals surface area (Å²) in [4.78, 5) is 23.6. The lowest BCUT2D eigenvalue weighted by Crippen LogP contribution is -2.43. The fourth-order valence-corrected chi connectivity index (χ4v) is 2.93. The Bertz CT molecular complexity index is 818. The van der Waals surface area contributed by atoms with Crippen LogP contribution in [0.3, 0.4) is 0 Å². The number of benzene rings is 2. The molecule has 1 amide bonds. The molecule has 9 heteroatoms. The number of rotatable bonds is 6. The molecule has 0 fully saturated rings. The highest BCUT2D eigenvalue weighted by Gasteiger charge is 2.30. The van der Waals surface area contributed by atoms with Gasteiger partial charge in [-0.1, -0.05) is 41.4 Å². The maximum Gasteiger partial charge on any atom is 0.416 e. The van der Waals surface area contributed by atoms with Crippen LogP contribution in [0.5, 0.6) is 0 Å². The molecular formula is C18H14Cl2F3NO3. The molecule has 2 aromatic rings. The summed E-state index contributed by atoms with van der Waals surface area (Å²) in [5.74, 6) is -1.93. The number of hydrogen-bond acceptors (Lipinski definition) is 2. The third-order valence-electron chi connectivity index (χ3n) is 3.75. The summed E-state index contributed by atoms with van der Waals surface area (Å²) in [6.45, 7) is 0. The van der Waals surface area contributed by atoms with Crippen molar-refractivity contribution >= 4 is 35.1 Å². The van der Waals surface area contributed by atoms with Gasteiger partial charge in [0.05, 0.1) is 12.0 Å². The van der Waals surface area contributed by atoms with Crippen LogP contribution in [0.25, 0.3) is 0 Å². The Kier molecular flexibility index (Phi) is 6.73. The van der Waals surface area contributed by atoms with Gasteiger partial charge in [-0.05, 0) is 35.4 Å². The summed E-state index contributed by atoms with van der Waals surface area (Å²) in [6, 6.07) is 7.47. The van der Waals surface area contributed by atoms with Gasteiger partial charge in [0.2, 0.25) is 5.91 Å². The van der Waals surface area contributed by atoms with Crippen molar-refractivity contribution in [2.45, 2.75) is 25.1 Å². The van der Waals surface area contributed by atoms with E-state index in [1.165, 1.54) is 12.1 Å². The van der Waals surface area contributed by atoms with E-state index in [1.807, 2.05) is 0 Å². The van der Waals surface area contributed by atoms with E-state index in [0.29, 0.717) is 11.1 Å².